The van der Waals surface area contributed by atoms with Crippen LogP contribution in [0.3, 0.4) is 0 Å². The fraction of sp³-hybridized carbons (Fsp3) is 0.385. The Balaban J connectivity index is 1.97. The number of imidazole rings is 1. The summed E-state index contributed by atoms with van der Waals surface area (Å²) in [5.74, 6) is 0.732. The van der Waals surface area contributed by atoms with Crippen molar-refractivity contribution in [3.63, 3.8) is 0 Å². The Morgan fingerprint density at radius 2 is 2.14 bits per heavy atom. The van der Waals surface area contributed by atoms with E-state index in [9.17, 15) is 8.42 Å². The second-order valence-electron chi connectivity index (χ2n) is 5.12. The van der Waals surface area contributed by atoms with Crippen LogP contribution in [-0.2, 0) is 23.6 Å². The Morgan fingerprint density at radius 3 is 2.71 bits per heavy atom. The predicted octanol–water partition coefficient (Wildman–Crippen LogP) is 0.751. The van der Waals surface area contributed by atoms with Crippen molar-refractivity contribution >= 4 is 15.8 Å². The standard InChI is InChI=1S/C13H17N5O2S/c1-17-8-7-15-12(17)9-18(10-4-5-10)21(19,20)11-3-2-6-16-13(11)14/h2-3,6-8,10H,4-5,9H2,1H3,(H2,14,16). The van der Waals surface area contributed by atoms with Gasteiger partial charge in [0.1, 0.15) is 16.5 Å². The number of nitrogens with two attached hydrogens (primary N) is 1. The molecular formula is C13H17N5O2S. The van der Waals surface area contributed by atoms with Crippen molar-refractivity contribution in [3.8, 4) is 0 Å². The fourth-order valence-corrected chi connectivity index (χ4v) is 3.92. The molecule has 0 bridgehead atoms. The van der Waals surface area contributed by atoms with Gasteiger partial charge in [0.25, 0.3) is 0 Å². The van der Waals surface area contributed by atoms with Gasteiger partial charge in [-0.3, -0.25) is 0 Å². The summed E-state index contributed by atoms with van der Waals surface area (Å²) < 4.78 is 29.0. The van der Waals surface area contributed by atoms with Crippen LogP contribution >= 0.6 is 0 Å². The molecule has 1 saturated carbocycles. The van der Waals surface area contributed by atoms with Gasteiger partial charge in [0.15, 0.2) is 0 Å². The monoisotopic (exact) mass is 307 g/mol. The van der Waals surface area contributed by atoms with E-state index in [4.69, 9.17) is 5.73 Å². The molecule has 0 atom stereocenters. The quantitative estimate of drug-likeness (QED) is 0.879. The van der Waals surface area contributed by atoms with E-state index in [2.05, 4.69) is 9.97 Å². The first-order valence-electron chi connectivity index (χ1n) is 6.68. The molecule has 0 amide bonds. The van der Waals surface area contributed by atoms with E-state index in [0.29, 0.717) is 5.82 Å². The fourth-order valence-electron chi connectivity index (χ4n) is 2.21. The molecule has 0 aromatic carbocycles. The van der Waals surface area contributed by atoms with Crippen molar-refractivity contribution in [2.45, 2.75) is 30.3 Å². The SMILES string of the molecule is Cn1ccnc1CN(C1CC1)S(=O)(=O)c1cccnc1N. The average molecular weight is 307 g/mol. The van der Waals surface area contributed by atoms with Crippen molar-refractivity contribution in [2.75, 3.05) is 5.73 Å². The Morgan fingerprint density at radius 1 is 1.38 bits per heavy atom. The summed E-state index contributed by atoms with van der Waals surface area (Å²) in [4.78, 5) is 8.14. The number of aryl methyl sites for hydroxylation is 1. The summed E-state index contributed by atoms with van der Waals surface area (Å²) in [6.45, 7) is 0.241. The van der Waals surface area contributed by atoms with Gasteiger partial charge in [-0.1, -0.05) is 0 Å². The number of nitrogens with zero attached hydrogens (tertiary/aromatic N) is 4. The average Bonchev–Trinajstić information content (AvgIpc) is 3.20. The molecule has 2 N–H and O–H groups in total. The second kappa shape index (κ2) is 5.12. The van der Waals surface area contributed by atoms with Crippen LogP contribution in [0.15, 0.2) is 35.6 Å². The minimum Gasteiger partial charge on any atom is -0.383 e. The van der Waals surface area contributed by atoms with Gasteiger partial charge < -0.3 is 10.3 Å². The largest absolute Gasteiger partial charge is 0.383 e. The molecule has 0 radical (unpaired) electrons. The molecule has 1 aliphatic carbocycles. The van der Waals surface area contributed by atoms with E-state index in [1.165, 1.54) is 16.6 Å². The van der Waals surface area contributed by atoms with E-state index in [1.807, 2.05) is 11.6 Å². The molecule has 2 aromatic heterocycles. The summed E-state index contributed by atoms with van der Waals surface area (Å²) in [5, 5.41) is 0. The number of anilines is 1. The van der Waals surface area contributed by atoms with Gasteiger partial charge in [-0.15, -0.1) is 0 Å². The number of hydrogen-bond acceptors (Lipinski definition) is 5. The summed E-state index contributed by atoms with van der Waals surface area (Å²) in [6.07, 6.45) is 6.67. The van der Waals surface area contributed by atoms with Gasteiger partial charge in [-0.25, -0.2) is 18.4 Å². The van der Waals surface area contributed by atoms with Crippen LogP contribution in [-0.4, -0.2) is 33.3 Å². The normalized spacial score (nSPS) is 15.5. The first kappa shape index (κ1) is 14.0. The van der Waals surface area contributed by atoms with E-state index < -0.39 is 10.0 Å². The van der Waals surface area contributed by atoms with E-state index in [1.54, 1.807) is 18.5 Å². The first-order valence-corrected chi connectivity index (χ1v) is 8.12. The summed E-state index contributed by atoms with van der Waals surface area (Å²) in [6, 6.07) is 3.09. The van der Waals surface area contributed by atoms with E-state index in [-0.39, 0.29) is 23.3 Å². The van der Waals surface area contributed by atoms with Crippen LogP contribution in [0.2, 0.25) is 0 Å². The number of rotatable bonds is 5. The maximum atomic E-state index is 12.8. The Labute approximate surface area is 123 Å². The second-order valence-corrected chi connectivity index (χ2v) is 6.98. The molecule has 2 heterocycles. The first-order chi connectivity index (χ1) is 10.00. The van der Waals surface area contributed by atoms with Gasteiger partial charge in [0, 0.05) is 31.7 Å². The highest BCUT2D eigenvalue weighted by Gasteiger charge is 2.39. The van der Waals surface area contributed by atoms with Gasteiger partial charge >= 0.3 is 0 Å². The van der Waals surface area contributed by atoms with Crippen molar-refractivity contribution < 1.29 is 8.42 Å². The third kappa shape index (κ3) is 2.64. The number of nitrogen functional groups attached to an aromatic ring is 1. The Bertz CT molecular complexity index is 751. The molecule has 8 heteroatoms. The highest BCUT2D eigenvalue weighted by molar-refractivity contribution is 7.89. The smallest absolute Gasteiger partial charge is 0.247 e. The third-order valence-corrected chi connectivity index (χ3v) is 5.50. The highest BCUT2D eigenvalue weighted by Crippen LogP contribution is 2.34. The van der Waals surface area contributed by atoms with Crippen LogP contribution in [0.4, 0.5) is 5.82 Å². The third-order valence-electron chi connectivity index (χ3n) is 3.56. The molecule has 1 aliphatic rings. The van der Waals surface area contributed by atoms with Gasteiger partial charge in [0.05, 0.1) is 6.54 Å². The van der Waals surface area contributed by atoms with Gasteiger partial charge in [0.2, 0.25) is 10.0 Å². The highest BCUT2D eigenvalue weighted by atomic mass is 32.2. The van der Waals surface area contributed by atoms with Crippen LogP contribution in [0, 0.1) is 0 Å². The zero-order valence-electron chi connectivity index (χ0n) is 11.7. The number of aromatic nitrogens is 3. The molecule has 21 heavy (non-hydrogen) atoms. The molecule has 0 aliphatic heterocycles. The molecular weight excluding hydrogens is 290 g/mol. The lowest BCUT2D eigenvalue weighted by Gasteiger charge is -2.22. The van der Waals surface area contributed by atoms with Crippen LogP contribution in [0.1, 0.15) is 18.7 Å². The minimum atomic E-state index is -3.67. The Kier molecular flexibility index (Phi) is 3.42. The number of sulfonamides is 1. The number of hydrogen-bond donors (Lipinski definition) is 1. The lowest BCUT2D eigenvalue weighted by molar-refractivity contribution is 0.385. The maximum Gasteiger partial charge on any atom is 0.247 e. The van der Waals surface area contributed by atoms with Crippen molar-refractivity contribution in [2.24, 2.45) is 7.05 Å². The molecule has 3 rings (SSSR count). The molecule has 1 fully saturated rings. The molecule has 0 spiro atoms. The summed E-state index contributed by atoms with van der Waals surface area (Å²) in [7, 11) is -1.82. The van der Waals surface area contributed by atoms with Gasteiger partial charge in [-0.2, -0.15) is 4.31 Å². The molecule has 0 unspecified atom stereocenters. The molecule has 0 saturated heterocycles. The van der Waals surface area contributed by atoms with Crippen LogP contribution in [0.25, 0.3) is 0 Å². The number of pyridine rings is 1. The van der Waals surface area contributed by atoms with Crippen LogP contribution in [0.5, 0.6) is 0 Å². The zero-order chi connectivity index (χ0) is 15.0. The lowest BCUT2D eigenvalue weighted by atomic mass is 10.5. The molecule has 112 valence electrons. The topological polar surface area (TPSA) is 94.1 Å². The van der Waals surface area contributed by atoms with Crippen molar-refractivity contribution in [1.82, 2.24) is 18.8 Å². The maximum absolute atomic E-state index is 12.8. The molecule has 7 nitrogen and oxygen atoms in total. The van der Waals surface area contributed by atoms with Gasteiger partial charge in [-0.05, 0) is 25.0 Å². The predicted molar refractivity (Wildman–Crippen MR) is 77.6 cm³/mol. The van der Waals surface area contributed by atoms with E-state index >= 15 is 0 Å². The zero-order valence-corrected chi connectivity index (χ0v) is 12.5. The minimum absolute atomic E-state index is 0.0197. The summed E-state index contributed by atoms with van der Waals surface area (Å²) >= 11 is 0. The Hall–Kier alpha value is -1.93. The summed E-state index contributed by atoms with van der Waals surface area (Å²) in [5.41, 5.74) is 5.73. The van der Waals surface area contributed by atoms with Crippen molar-refractivity contribution in [3.05, 3.63) is 36.5 Å². The molecule has 2 aromatic rings. The van der Waals surface area contributed by atoms with Crippen molar-refractivity contribution in [1.29, 1.82) is 0 Å². The van der Waals surface area contributed by atoms with Crippen LogP contribution < -0.4 is 5.73 Å². The lowest BCUT2D eigenvalue weighted by Crippen LogP contribution is -2.34. The van der Waals surface area contributed by atoms with E-state index in [0.717, 1.165) is 12.8 Å².